The first-order valence-electron chi connectivity index (χ1n) is 5.74. The van der Waals surface area contributed by atoms with Crippen molar-refractivity contribution < 1.29 is 24.2 Å². The molecule has 2 aliphatic rings. The number of hydrogen-bond donors (Lipinski definition) is 1. The van der Waals surface area contributed by atoms with Crippen molar-refractivity contribution >= 4 is 17.5 Å². The molecule has 5 heteroatoms. The van der Waals surface area contributed by atoms with Crippen molar-refractivity contribution in [2.75, 3.05) is 0 Å². The average molecular weight is 250 g/mol. The van der Waals surface area contributed by atoms with Gasteiger partial charge in [0.1, 0.15) is 6.10 Å². The first-order valence-corrected chi connectivity index (χ1v) is 5.74. The number of cyclic esters (lactones) is 1. The average Bonchev–Trinajstić information content (AvgIpc) is 2.54. The van der Waals surface area contributed by atoms with Crippen molar-refractivity contribution in [1.29, 1.82) is 0 Å². The van der Waals surface area contributed by atoms with Crippen LogP contribution in [0.15, 0.2) is 24.3 Å². The molecule has 4 atom stereocenters. The monoisotopic (exact) mass is 250 g/mol. The molecule has 18 heavy (non-hydrogen) atoms. The third kappa shape index (κ3) is 1.40. The molecule has 1 N–H and O–H groups in total. The number of carbonyl (C=O) groups excluding carboxylic acids is 3. The van der Waals surface area contributed by atoms with E-state index in [9.17, 15) is 19.5 Å². The molecule has 2 rings (SSSR count). The second-order valence-electron chi connectivity index (χ2n) is 4.50. The Balaban J connectivity index is 2.62. The van der Waals surface area contributed by atoms with Gasteiger partial charge in [-0.1, -0.05) is 18.2 Å². The first kappa shape index (κ1) is 12.7. The van der Waals surface area contributed by atoms with Crippen LogP contribution < -0.4 is 0 Å². The fraction of sp³-hybridized carbons (Fsp3) is 0.462. The van der Waals surface area contributed by atoms with Gasteiger partial charge in [-0.15, -0.1) is 0 Å². The number of esters is 1. The minimum Gasteiger partial charge on any atom is -0.454 e. The lowest BCUT2D eigenvalue weighted by molar-refractivity contribution is -0.160. The Morgan fingerprint density at radius 1 is 1.39 bits per heavy atom. The van der Waals surface area contributed by atoms with E-state index < -0.39 is 41.1 Å². The van der Waals surface area contributed by atoms with E-state index in [2.05, 4.69) is 0 Å². The van der Waals surface area contributed by atoms with Crippen molar-refractivity contribution in [2.45, 2.75) is 26.1 Å². The van der Waals surface area contributed by atoms with Crippen molar-refractivity contribution in [2.24, 2.45) is 11.3 Å². The molecule has 0 radical (unpaired) electrons. The summed E-state index contributed by atoms with van der Waals surface area (Å²) in [6.45, 7) is 3.18. The number of aliphatic hydroxyl groups excluding tert-OH is 1. The number of ketones is 2. The van der Waals surface area contributed by atoms with Crippen LogP contribution in [0.2, 0.25) is 0 Å². The summed E-state index contributed by atoms with van der Waals surface area (Å²) in [6.07, 6.45) is 3.34. The summed E-state index contributed by atoms with van der Waals surface area (Å²) in [6, 6.07) is 0. The third-order valence-electron chi connectivity index (χ3n) is 3.49. The minimum absolute atomic E-state index is 0.541. The summed E-state index contributed by atoms with van der Waals surface area (Å²) in [5.74, 6) is -2.66. The number of hydrogen-bond acceptors (Lipinski definition) is 5. The van der Waals surface area contributed by atoms with Gasteiger partial charge in [-0.3, -0.25) is 14.4 Å². The van der Waals surface area contributed by atoms with Crippen molar-refractivity contribution in [3.63, 3.8) is 0 Å². The highest BCUT2D eigenvalue weighted by molar-refractivity contribution is 6.17. The maximum atomic E-state index is 12.2. The zero-order valence-corrected chi connectivity index (χ0v) is 10.1. The highest BCUT2D eigenvalue weighted by atomic mass is 16.6. The SMILES string of the molecule is C/C=C/[C@@H]1C=CC(=O)[C@H](O)[C@@]12C(=O)O[C@@H](C)C2=O. The Kier molecular flexibility index (Phi) is 2.94. The Bertz CT molecular complexity index is 476. The van der Waals surface area contributed by atoms with Crippen molar-refractivity contribution in [1.82, 2.24) is 0 Å². The quantitative estimate of drug-likeness (QED) is 0.408. The standard InChI is InChI=1S/C13H14O5/c1-3-4-8-5-6-9(14)11(16)13(8)10(15)7(2)18-12(13)17/h3-8,11,16H,1-2H3/b4-3+/t7-,8+,11-,13+/m0/s1. The Morgan fingerprint density at radius 2 is 2.06 bits per heavy atom. The summed E-state index contributed by atoms with van der Waals surface area (Å²) < 4.78 is 4.89. The fourth-order valence-corrected chi connectivity index (χ4v) is 2.57. The molecule has 0 amide bonds. The molecule has 1 heterocycles. The second kappa shape index (κ2) is 4.17. The van der Waals surface area contributed by atoms with Crippen LogP contribution in [0.1, 0.15) is 13.8 Å². The van der Waals surface area contributed by atoms with Gasteiger partial charge in [-0.05, 0) is 19.9 Å². The predicted molar refractivity (Wildman–Crippen MR) is 61.5 cm³/mol. The molecule has 0 unspecified atom stereocenters. The number of aliphatic hydroxyl groups is 1. The van der Waals surface area contributed by atoms with E-state index >= 15 is 0 Å². The molecule has 1 aliphatic carbocycles. The molecule has 0 aromatic heterocycles. The van der Waals surface area contributed by atoms with Gasteiger partial charge in [-0.25, -0.2) is 0 Å². The van der Waals surface area contributed by atoms with Crippen LogP contribution in [-0.4, -0.2) is 34.9 Å². The first-order chi connectivity index (χ1) is 8.46. The van der Waals surface area contributed by atoms with Gasteiger partial charge in [0, 0.05) is 5.92 Å². The second-order valence-corrected chi connectivity index (χ2v) is 4.50. The molecule has 1 saturated heterocycles. The smallest absolute Gasteiger partial charge is 0.324 e. The predicted octanol–water partition coefficient (Wildman–Crippen LogP) is 0.179. The van der Waals surface area contributed by atoms with Crippen LogP contribution >= 0.6 is 0 Å². The van der Waals surface area contributed by atoms with E-state index in [0.29, 0.717) is 0 Å². The third-order valence-corrected chi connectivity index (χ3v) is 3.49. The van der Waals surface area contributed by atoms with E-state index in [1.807, 2.05) is 0 Å². The summed E-state index contributed by atoms with van der Waals surface area (Å²) in [5, 5.41) is 10.0. The Morgan fingerprint density at radius 3 is 2.56 bits per heavy atom. The van der Waals surface area contributed by atoms with E-state index in [1.165, 1.54) is 19.1 Å². The highest BCUT2D eigenvalue weighted by Crippen LogP contribution is 2.45. The zero-order chi connectivity index (χ0) is 13.5. The van der Waals surface area contributed by atoms with E-state index in [-0.39, 0.29) is 0 Å². The van der Waals surface area contributed by atoms with Gasteiger partial charge in [0.05, 0.1) is 0 Å². The van der Waals surface area contributed by atoms with Gasteiger partial charge in [0.15, 0.2) is 23.1 Å². The molecule has 0 aromatic carbocycles. The molecule has 5 nitrogen and oxygen atoms in total. The molecule has 0 saturated carbocycles. The van der Waals surface area contributed by atoms with E-state index in [0.717, 1.165) is 0 Å². The van der Waals surface area contributed by atoms with E-state index in [1.54, 1.807) is 19.1 Å². The lowest BCUT2D eigenvalue weighted by atomic mass is 9.64. The van der Waals surface area contributed by atoms with Crippen LogP contribution in [0.4, 0.5) is 0 Å². The lowest BCUT2D eigenvalue weighted by Gasteiger charge is -2.34. The van der Waals surface area contributed by atoms with Crippen molar-refractivity contribution in [3.05, 3.63) is 24.3 Å². The topological polar surface area (TPSA) is 80.7 Å². The summed E-state index contributed by atoms with van der Waals surface area (Å²) in [4.78, 5) is 35.8. The lowest BCUT2D eigenvalue weighted by Crippen LogP contribution is -2.55. The molecular weight excluding hydrogens is 236 g/mol. The Labute approximate surface area is 104 Å². The number of rotatable bonds is 1. The van der Waals surface area contributed by atoms with Gasteiger partial charge in [0.2, 0.25) is 0 Å². The fourth-order valence-electron chi connectivity index (χ4n) is 2.57. The van der Waals surface area contributed by atoms with Crippen LogP contribution in [0.25, 0.3) is 0 Å². The molecule has 0 bridgehead atoms. The number of carbonyl (C=O) groups is 3. The molecule has 1 fully saturated rings. The van der Waals surface area contributed by atoms with Gasteiger partial charge >= 0.3 is 5.97 Å². The molecule has 96 valence electrons. The number of allylic oxidation sites excluding steroid dienone is 3. The van der Waals surface area contributed by atoms with Gasteiger partial charge in [0.25, 0.3) is 0 Å². The van der Waals surface area contributed by atoms with Gasteiger partial charge in [-0.2, -0.15) is 0 Å². The maximum Gasteiger partial charge on any atom is 0.324 e. The largest absolute Gasteiger partial charge is 0.454 e. The summed E-state index contributed by atoms with van der Waals surface area (Å²) >= 11 is 0. The summed E-state index contributed by atoms with van der Waals surface area (Å²) in [5.41, 5.74) is -1.81. The zero-order valence-electron chi connectivity index (χ0n) is 10.1. The highest BCUT2D eigenvalue weighted by Gasteiger charge is 2.65. The van der Waals surface area contributed by atoms with E-state index in [4.69, 9.17) is 4.74 Å². The maximum absolute atomic E-state index is 12.2. The summed E-state index contributed by atoms with van der Waals surface area (Å²) in [7, 11) is 0. The van der Waals surface area contributed by atoms with Crippen LogP contribution in [0.5, 0.6) is 0 Å². The van der Waals surface area contributed by atoms with Crippen LogP contribution in [-0.2, 0) is 19.1 Å². The van der Waals surface area contributed by atoms with Gasteiger partial charge < -0.3 is 9.84 Å². The number of Topliss-reactive ketones (excluding diaryl/α,β-unsaturated/α-hetero) is 1. The van der Waals surface area contributed by atoms with Crippen LogP contribution in [0.3, 0.4) is 0 Å². The minimum atomic E-state index is -1.81. The Hall–Kier alpha value is -1.75. The normalized spacial score (nSPS) is 39.9. The van der Waals surface area contributed by atoms with Crippen molar-refractivity contribution in [3.8, 4) is 0 Å². The molecule has 1 spiro atoms. The van der Waals surface area contributed by atoms with Crippen LogP contribution in [0, 0.1) is 11.3 Å². The molecule has 0 aromatic rings. The molecule has 1 aliphatic heterocycles. The number of ether oxygens (including phenoxy) is 1. The molecular formula is C13H14O5.